The van der Waals surface area contributed by atoms with Crippen molar-refractivity contribution in [1.82, 2.24) is 4.57 Å². The first-order valence-corrected chi connectivity index (χ1v) is 9.41. The number of aromatic nitrogens is 1. The summed E-state index contributed by atoms with van der Waals surface area (Å²) in [5.41, 5.74) is 2.08. The number of fused-ring (bicyclic) bond motifs is 1. The number of benzene rings is 1. The molecule has 0 unspecified atom stereocenters. The summed E-state index contributed by atoms with van der Waals surface area (Å²) in [4.78, 5) is 46.7. The van der Waals surface area contributed by atoms with E-state index in [0.29, 0.717) is 16.5 Å². The highest BCUT2D eigenvalue weighted by atomic mass is 16.6. The minimum Gasteiger partial charge on any atom is -0.456 e. The lowest BCUT2D eigenvalue weighted by Crippen LogP contribution is -2.55. The van der Waals surface area contributed by atoms with Crippen molar-refractivity contribution in [2.45, 2.75) is 52.2 Å². The Morgan fingerprint density at radius 1 is 1.03 bits per heavy atom. The lowest BCUT2D eigenvalue weighted by Gasteiger charge is -2.41. The van der Waals surface area contributed by atoms with Crippen molar-refractivity contribution in [3.63, 3.8) is 0 Å². The molecule has 0 amide bonds. The van der Waals surface area contributed by atoms with Crippen LogP contribution in [0.3, 0.4) is 0 Å². The maximum Gasteiger partial charge on any atom is 0.303 e. The topological polar surface area (TPSA) is 110 Å². The molecule has 4 atom stereocenters. The SMILES string of the molecule is CC(=O)O[C@@H]1[C@@H](OC(C)=O)[C@H](OC(C)=O)CO[C@H]1n1cc(C=O)c2cc(C)ccc21. The molecule has 0 spiro atoms. The molecule has 160 valence electrons. The first-order chi connectivity index (χ1) is 14.2. The molecule has 0 radical (unpaired) electrons. The van der Waals surface area contributed by atoms with E-state index < -0.39 is 42.4 Å². The molecule has 30 heavy (non-hydrogen) atoms. The van der Waals surface area contributed by atoms with Crippen molar-refractivity contribution in [3.05, 3.63) is 35.5 Å². The maximum atomic E-state index is 11.8. The van der Waals surface area contributed by atoms with E-state index >= 15 is 0 Å². The van der Waals surface area contributed by atoms with Crippen LogP contribution in [0.2, 0.25) is 0 Å². The second-order valence-corrected chi connectivity index (χ2v) is 7.15. The average molecular weight is 417 g/mol. The minimum atomic E-state index is -1.11. The largest absolute Gasteiger partial charge is 0.456 e. The number of ether oxygens (including phenoxy) is 4. The second-order valence-electron chi connectivity index (χ2n) is 7.15. The third kappa shape index (κ3) is 4.35. The van der Waals surface area contributed by atoms with Crippen LogP contribution < -0.4 is 0 Å². The summed E-state index contributed by atoms with van der Waals surface area (Å²) in [5, 5.41) is 0.710. The summed E-state index contributed by atoms with van der Waals surface area (Å²) in [5.74, 6) is -1.85. The van der Waals surface area contributed by atoms with Gasteiger partial charge in [0.2, 0.25) is 0 Å². The number of aldehydes is 1. The molecule has 1 saturated heterocycles. The summed E-state index contributed by atoms with van der Waals surface area (Å²) in [7, 11) is 0. The van der Waals surface area contributed by atoms with E-state index in [-0.39, 0.29) is 6.61 Å². The molecule has 1 fully saturated rings. The van der Waals surface area contributed by atoms with E-state index in [0.717, 1.165) is 11.8 Å². The Balaban J connectivity index is 2.10. The van der Waals surface area contributed by atoms with Crippen LogP contribution in [0.4, 0.5) is 0 Å². The standard InChI is InChI=1S/C21H23NO8/c1-11-5-6-17-16(7-11)15(9-23)8-22(17)21-20(30-14(4)26)19(29-13(3)25)18(10-27-21)28-12(2)24/h5-9,18-21H,10H2,1-4H3/t18-,19+,20-,21-/m1/s1. The number of aryl methyl sites for hydroxylation is 1. The van der Waals surface area contributed by atoms with Crippen LogP contribution in [0.25, 0.3) is 10.9 Å². The number of hydrogen-bond donors (Lipinski definition) is 0. The van der Waals surface area contributed by atoms with Gasteiger partial charge in [-0.15, -0.1) is 0 Å². The van der Waals surface area contributed by atoms with Crippen LogP contribution in [0.1, 0.15) is 42.9 Å². The van der Waals surface area contributed by atoms with Crippen molar-refractivity contribution in [1.29, 1.82) is 0 Å². The molecular formula is C21H23NO8. The minimum absolute atomic E-state index is 0.0953. The first kappa shape index (κ1) is 21.5. The summed E-state index contributed by atoms with van der Waals surface area (Å²) >= 11 is 0. The Morgan fingerprint density at radius 3 is 2.27 bits per heavy atom. The maximum absolute atomic E-state index is 11.8. The van der Waals surface area contributed by atoms with Gasteiger partial charge < -0.3 is 23.5 Å². The van der Waals surface area contributed by atoms with E-state index in [4.69, 9.17) is 18.9 Å². The fraction of sp³-hybridized carbons (Fsp3) is 0.429. The van der Waals surface area contributed by atoms with Crippen molar-refractivity contribution < 1.29 is 38.1 Å². The molecule has 0 aliphatic carbocycles. The van der Waals surface area contributed by atoms with E-state index in [1.807, 2.05) is 25.1 Å². The van der Waals surface area contributed by atoms with Crippen LogP contribution >= 0.6 is 0 Å². The summed E-state index contributed by atoms with van der Waals surface area (Å²) in [6, 6.07) is 5.57. The Hall–Kier alpha value is -3.20. The van der Waals surface area contributed by atoms with E-state index in [9.17, 15) is 19.2 Å². The normalized spacial score (nSPS) is 23.6. The van der Waals surface area contributed by atoms with Gasteiger partial charge in [0.25, 0.3) is 0 Å². The molecule has 3 rings (SSSR count). The van der Waals surface area contributed by atoms with Crippen molar-refractivity contribution in [2.24, 2.45) is 0 Å². The molecule has 2 aromatic rings. The summed E-state index contributed by atoms with van der Waals surface area (Å²) < 4.78 is 23.6. The van der Waals surface area contributed by atoms with Crippen molar-refractivity contribution in [2.75, 3.05) is 6.61 Å². The fourth-order valence-electron chi connectivity index (χ4n) is 3.66. The Bertz CT molecular complexity index is 994. The van der Waals surface area contributed by atoms with Gasteiger partial charge in [0.15, 0.2) is 30.8 Å². The van der Waals surface area contributed by atoms with Crippen LogP contribution in [0.5, 0.6) is 0 Å². The van der Waals surface area contributed by atoms with Gasteiger partial charge in [0.1, 0.15) is 0 Å². The molecule has 0 saturated carbocycles. The number of rotatable bonds is 5. The Labute approximate surface area is 172 Å². The number of carbonyl (C=O) groups excluding carboxylic acids is 4. The molecule has 9 heteroatoms. The predicted octanol–water partition coefficient (Wildman–Crippen LogP) is 2.09. The van der Waals surface area contributed by atoms with E-state index in [2.05, 4.69) is 0 Å². The second kappa shape index (κ2) is 8.66. The third-order valence-corrected chi connectivity index (χ3v) is 4.74. The molecule has 0 bridgehead atoms. The first-order valence-electron chi connectivity index (χ1n) is 9.41. The van der Waals surface area contributed by atoms with Crippen molar-refractivity contribution >= 4 is 35.1 Å². The van der Waals surface area contributed by atoms with Gasteiger partial charge in [-0.25, -0.2) is 0 Å². The molecular weight excluding hydrogens is 394 g/mol. The molecule has 1 aromatic carbocycles. The monoisotopic (exact) mass is 417 g/mol. The van der Waals surface area contributed by atoms with Crippen LogP contribution in [-0.2, 0) is 33.3 Å². The lowest BCUT2D eigenvalue weighted by atomic mass is 10.0. The Morgan fingerprint density at radius 2 is 1.67 bits per heavy atom. The van der Waals surface area contributed by atoms with E-state index in [1.165, 1.54) is 20.8 Å². The van der Waals surface area contributed by atoms with Gasteiger partial charge in [-0.1, -0.05) is 11.6 Å². The van der Waals surface area contributed by atoms with Crippen LogP contribution in [-0.4, -0.2) is 53.7 Å². The number of nitrogens with zero attached hydrogens (tertiary/aromatic N) is 1. The highest BCUT2D eigenvalue weighted by Gasteiger charge is 2.48. The van der Waals surface area contributed by atoms with Gasteiger partial charge in [-0.3, -0.25) is 19.2 Å². The summed E-state index contributed by atoms with van der Waals surface area (Å²) in [6.07, 6.45) is -1.74. The summed E-state index contributed by atoms with van der Waals surface area (Å²) in [6.45, 7) is 5.45. The zero-order chi connectivity index (χ0) is 22.0. The number of esters is 3. The smallest absolute Gasteiger partial charge is 0.303 e. The lowest BCUT2D eigenvalue weighted by molar-refractivity contribution is -0.239. The van der Waals surface area contributed by atoms with Crippen LogP contribution in [0.15, 0.2) is 24.4 Å². The molecule has 1 aromatic heterocycles. The zero-order valence-corrected chi connectivity index (χ0v) is 17.1. The molecule has 0 N–H and O–H groups in total. The van der Waals surface area contributed by atoms with Crippen molar-refractivity contribution in [3.8, 4) is 0 Å². The third-order valence-electron chi connectivity index (χ3n) is 4.74. The van der Waals surface area contributed by atoms with Crippen LogP contribution in [0, 0.1) is 6.92 Å². The Kier molecular flexibility index (Phi) is 6.21. The fourth-order valence-corrected chi connectivity index (χ4v) is 3.66. The van der Waals surface area contributed by atoms with Gasteiger partial charge >= 0.3 is 17.9 Å². The average Bonchev–Trinajstić information content (AvgIpc) is 3.01. The highest BCUT2D eigenvalue weighted by molar-refractivity contribution is 5.98. The number of hydrogen-bond acceptors (Lipinski definition) is 8. The molecule has 2 heterocycles. The zero-order valence-electron chi connectivity index (χ0n) is 17.1. The number of carbonyl (C=O) groups is 4. The van der Waals surface area contributed by atoms with E-state index in [1.54, 1.807) is 10.8 Å². The molecule has 1 aliphatic heterocycles. The molecule has 1 aliphatic rings. The van der Waals surface area contributed by atoms with Gasteiger partial charge in [0, 0.05) is 37.9 Å². The van der Waals surface area contributed by atoms with Gasteiger partial charge in [0.05, 0.1) is 12.1 Å². The predicted molar refractivity (Wildman–Crippen MR) is 104 cm³/mol. The highest BCUT2D eigenvalue weighted by Crippen LogP contribution is 2.34. The van der Waals surface area contributed by atoms with Gasteiger partial charge in [-0.2, -0.15) is 0 Å². The molecule has 9 nitrogen and oxygen atoms in total. The van der Waals surface area contributed by atoms with Gasteiger partial charge in [-0.05, 0) is 19.1 Å². The quantitative estimate of drug-likeness (QED) is 0.413.